The predicted octanol–water partition coefficient (Wildman–Crippen LogP) is 3.68. The molecule has 1 aromatic rings. The van der Waals surface area contributed by atoms with E-state index in [9.17, 15) is 0 Å². The van der Waals surface area contributed by atoms with E-state index >= 15 is 0 Å². The van der Waals surface area contributed by atoms with E-state index in [0.717, 1.165) is 11.6 Å². The zero-order chi connectivity index (χ0) is 11.6. The number of thiazole rings is 1. The molecule has 1 aliphatic rings. The molecule has 2 rings (SSSR count). The van der Waals surface area contributed by atoms with Crippen LogP contribution in [0.3, 0.4) is 0 Å². The number of aryl methyl sites for hydroxylation is 1. The molecule has 1 aromatic heterocycles. The smallest absolute Gasteiger partial charge is 0.0898 e. The molecule has 16 heavy (non-hydrogen) atoms. The van der Waals surface area contributed by atoms with Crippen LogP contribution in [0.2, 0.25) is 0 Å². The normalized spacial score (nSPS) is 20.4. The molecule has 2 nitrogen and oxygen atoms in total. The fraction of sp³-hybridized carbons (Fsp3) is 0.769. The maximum Gasteiger partial charge on any atom is 0.0898 e. The van der Waals surface area contributed by atoms with Gasteiger partial charge < -0.3 is 5.32 Å². The zero-order valence-corrected chi connectivity index (χ0v) is 11.4. The topological polar surface area (TPSA) is 24.9 Å². The van der Waals surface area contributed by atoms with Gasteiger partial charge in [0.15, 0.2) is 0 Å². The van der Waals surface area contributed by atoms with Gasteiger partial charge in [-0.05, 0) is 38.5 Å². The van der Waals surface area contributed by atoms with Crippen LogP contribution in [0, 0.1) is 12.3 Å². The number of nitrogens with zero attached hydrogens (tertiary/aromatic N) is 1. The molecule has 0 bridgehead atoms. The Bertz CT molecular complexity index is 336. The van der Waals surface area contributed by atoms with Gasteiger partial charge in [-0.1, -0.05) is 13.3 Å². The highest BCUT2D eigenvalue weighted by atomic mass is 32.1. The van der Waals surface area contributed by atoms with E-state index in [1.807, 2.05) is 0 Å². The van der Waals surface area contributed by atoms with Gasteiger partial charge in [0, 0.05) is 18.0 Å². The zero-order valence-electron chi connectivity index (χ0n) is 10.5. The maximum atomic E-state index is 4.54. The Kier molecular flexibility index (Phi) is 3.65. The van der Waals surface area contributed by atoms with Crippen molar-refractivity contribution >= 4 is 11.3 Å². The van der Waals surface area contributed by atoms with Gasteiger partial charge in [-0.15, -0.1) is 11.3 Å². The lowest BCUT2D eigenvalue weighted by molar-refractivity contribution is 0.120. The lowest BCUT2D eigenvalue weighted by Crippen LogP contribution is -2.40. The lowest BCUT2D eigenvalue weighted by atomic mass is 9.67. The Morgan fingerprint density at radius 2 is 2.31 bits per heavy atom. The monoisotopic (exact) mass is 238 g/mol. The molecule has 1 N–H and O–H groups in total. The van der Waals surface area contributed by atoms with E-state index in [1.54, 1.807) is 11.3 Å². The van der Waals surface area contributed by atoms with E-state index in [2.05, 4.69) is 36.5 Å². The van der Waals surface area contributed by atoms with Gasteiger partial charge in [-0.3, -0.25) is 0 Å². The van der Waals surface area contributed by atoms with Crippen molar-refractivity contribution in [3.63, 3.8) is 0 Å². The minimum Gasteiger partial charge on any atom is -0.308 e. The van der Waals surface area contributed by atoms with Crippen LogP contribution < -0.4 is 5.32 Å². The molecule has 1 atom stereocenters. The molecule has 0 saturated heterocycles. The van der Waals surface area contributed by atoms with Crippen LogP contribution in [-0.2, 0) is 0 Å². The largest absolute Gasteiger partial charge is 0.308 e. The van der Waals surface area contributed by atoms with E-state index < -0.39 is 0 Å². The van der Waals surface area contributed by atoms with Gasteiger partial charge in [0.25, 0.3) is 0 Å². The Hall–Kier alpha value is -0.410. The van der Waals surface area contributed by atoms with E-state index in [4.69, 9.17) is 0 Å². The number of hydrogen-bond acceptors (Lipinski definition) is 3. The lowest BCUT2D eigenvalue weighted by Gasteiger charge is -2.42. The first-order valence-electron chi connectivity index (χ1n) is 6.31. The molecule has 0 amide bonds. The molecule has 90 valence electrons. The average Bonchev–Trinajstić information content (AvgIpc) is 2.64. The first-order valence-corrected chi connectivity index (χ1v) is 7.18. The molecule has 1 heterocycles. The Balaban J connectivity index is 1.86. The predicted molar refractivity (Wildman–Crippen MR) is 69.8 cm³/mol. The van der Waals surface area contributed by atoms with Crippen LogP contribution in [0.1, 0.15) is 56.3 Å². The summed E-state index contributed by atoms with van der Waals surface area (Å²) >= 11 is 1.74. The number of hydrogen-bond donors (Lipinski definition) is 1. The summed E-state index contributed by atoms with van der Waals surface area (Å²) in [5, 5.41) is 6.99. The summed E-state index contributed by atoms with van der Waals surface area (Å²) in [5.74, 6) is 0. The van der Waals surface area contributed by atoms with Crippen LogP contribution >= 0.6 is 11.3 Å². The first-order chi connectivity index (χ1) is 7.65. The van der Waals surface area contributed by atoms with Crippen molar-refractivity contribution < 1.29 is 0 Å². The Morgan fingerprint density at radius 3 is 2.75 bits per heavy atom. The summed E-state index contributed by atoms with van der Waals surface area (Å²) in [6.07, 6.45) is 5.53. The summed E-state index contributed by atoms with van der Waals surface area (Å²) < 4.78 is 0. The number of nitrogens with one attached hydrogen (secondary N) is 1. The highest BCUT2D eigenvalue weighted by molar-refractivity contribution is 7.09. The standard InChI is InChI=1S/C13H22N2S/c1-4-13(6-5-7-13)9-14-10(2)12-8-16-11(3)15-12/h8,10,14H,4-7,9H2,1-3H3. The van der Waals surface area contributed by atoms with Crippen molar-refractivity contribution in [2.24, 2.45) is 5.41 Å². The van der Waals surface area contributed by atoms with Crippen molar-refractivity contribution in [1.82, 2.24) is 10.3 Å². The fourth-order valence-corrected chi connectivity index (χ4v) is 3.09. The fourth-order valence-electron chi connectivity index (χ4n) is 2.39. The minimum absolute atomic E-state index is 0.397. The second-order valence-corrected chi connectivity index (χ2v) is 6.16. The van der Waals surface area contributed by atoms with E-state index in [1.165, 1.54) is 31.4 Å². The van der Waals surface area contributed by atoms with Gasteiger partial charge in [0.05, 0.1) is 10.7 Å². The third-order valence-electron chi connectivity index (χ3n) is 4.03. The molecular formula is C13H22N2S. The molecule has 1 fully saturated rings. The third kappa shape index (κ3) is 2.46. The molecule has 1 aliphatic carbocycles. The van der Waals surface area contributed by atoms with Crippen molar-refractivity contribution in [3.05, 3.63) is 16.1 Å². The highest BCUT2D eigenvalue weighted by Crippen LogP contribution is 2.43. The summed E-state index contributed by atoms with van der Waals surface area (Å²) in [7, 11) is 0. The highest BCUT2D eigenvalue weighted by Gasteiger charge is 2.34. The second kappa shape index (κ2) is 4.84. The minimum atomic E-state index is 0.397. The Morgan fingerprint density at radius 1 is 1.56 bits per heavy atom. The van der Waals surface area contributed by atoms with Gasteiger partial charge >= 0.3 is 0 Å². The SMILES string of the molecule is CCC1(CNC(C)c2csc(C)n2)CCC1. The first kappa shape index (κ1) is 12.1. The van der Waals surface area contributed by atoms with Crippen molar-refractivity contribution in [3.8, 4) is 0 Å². The van der Waals surface area contributed by atoms with Gasteiger partial charge in [0.2, 0.25) is 0 Å². The third-order valence-corrected chi connectivity index (χ3v) is 4.82. The summed E-state index contributed by atoms with van der Waals surface area (Å²) in [6, 6.07) is 0.397. The summed E-state index contributed by atoms with van der Waals surface area (Å²) in [4.78, 5) is 4.54. The quantitative estimate of drug-likeness (QED) is 0.846. The van der Waals surface area contributed by atoms with Crippen molar-refractivity contribution in [1.29, 1.82) is 0 Å². The average molecular weight is 238 g/mol. The van der Waals surface area contributed by atoms with Crippen molar-refractivity contribution in [2.45, 2.75) is 52.5 Å². The van der Waals surface area contributed by atoms with Gasteiger partial charge in [-0.2, -0.15) is 0 Å². The molecule has 0 aliphatic heterocycles. The van der Waals surface area contributed by atoms with Crippen molar-refractivity contribution in [2.75, 3.05) is 6.54 Å². The molecule has 0 spiro atoms. The molecule has 0 aromatic carbocycles. The number of aromatic nitrogens is 1. The molecule has 3 heteroatoms. The van der Waals surface area contributed by atoms with E-state index in [-0.39, 0.29) is 0 Å². The van der Waals surface area contributed by atoms with E-state index in [0.29, 0.717) is 11.5 Å². The summed E-state index contributed by atoms with van der Waals surface area (Å²) in [5.41, 5.74) is 1.80. The van der Waals surface area contributed by atoms with Crippen LogP contribution in [0.25, 0.3) is 0 Å². The molecule has 1 unspecified atom stereocenters. The molecule has 1 saturated carbocycles. The number of rotatable bonds is 5. The molecular weight excluding hydrogens is 216 g/mol. The van der Waals surface area contributed by atoms with Gasteiger partial charge in [0.1, 0.15) is 0 Å². The van der Waals surface area contributed by atoms with Crippen LogP contribution in [0.4, 0.5) is 0 Å². The Labute approximate surface area is 102 Å². The summed E-state index contributed by atoms with van der Waals surface area (Å²) in [6.45, 7) is 7.76. The van der Waals surface area contributed by atoms with Crippen LogP contribution in [-0.4, -0.2) is 11.5 Å². The molecule has 0 radical (unpaired) electrons. The van der Waals surface area contributed by atoms with Crippen LogP contribution in [0.5, 0.6) is 0 Å². The second-order valence-electron chi connectivity index (χ2n) is 5.10. The van der Waals surface area contributed by atoms with Crippen LogP contribution in [0.15, 0.2) is 5.38 Å². The maximum absolute atomic E-state index is 4.54. The van der Waals surface area contributed by atoms with Gasteiger partial charge in [-0.25, -0.2) is 4.98 Å².